The average Bonchev–Trinajstić information content (AvgIpc) is 2.06. The topological polar surface area (TPSA) is 12.0 Å². The number of hydrogen-bond acceptors (Lipinski definition) is 1. The van der Waals surface area contributed by atoms with Crippen LogP contribution in [0.4, 0.5) is 5.69 Å². The monoisotopic (exact) mass is 169 g/mol. The van der Waals surface area contributed by atoms with Crippen LogP contribution in [0.5, 0.6) is 0 Å². The van der Waals surface area contributed by atoms with Crippen LogP contribution in [0.25, 0.3) is 0 Å². The van der Waals surface area contributed by atoms with E-state index in [2.05, 4.69) is 23.9 Å². The summed E-state index contributed by atoms with van der Waals surface area (Å²) in [5, 5.41) is 0. The molecule has 0 fully saturated rings. The SMILES string of the molecule is CCCc1cccc(NCl)c1. The molecule has 11 heavy (non-hydrogen) atoms. The maximum absolute atomic E-state index is 5.45. The quantitative estimate of drug-likeness (QED) is 0.686. The predicted octanol–water partition coefficient (Wildman–Crippen LogP) is 3.20. The Hall–Kier alpha value is -0.690. The van der Waals surface area contributed by atoms with Crippen LogP contribution in [0.2, 0.25) is 0 Å². The van der Waals surface area contributed by atoms with Crippen molar-refractivity contribution in [2.75, 3.05) is 4.84 Å². The summed E-state index contributed by atoms with van der Waals surface area (Å²) in [6.45, 7) is 2.17. The second-order valence-electron chi connectivity index (χ2n) is 2.54. The summed E-state index contributed by atoms with van der Waals surface area (Å²) in [4.78, 5) is 2.60. The van der Waals surface area contributed by atoms with E-state index < -0.39 is 0 Å². The van der Waals surface area contributed by atoms with E-state index in [1.807, 2.05) is 12.1 Å². The van der Waals surface area contributed by atoms with E-state index in [-0.39, 0.29) is 0 Å². The lowest BCUT2D eigenvalue weighted by Gasteiger charge is -2.00. The molecule has 0 amide bonds. The summed E-state index contributed by atoms with van der Waals surface area (Å²) < 4.78 is 0. The van der Waals surface area contributed by atoms with E-state index in [4.69, 9.17) is 11.8 Å². The molecule has 0 saturated carbocycles. The summed E-state index contributed by atoms with van der Waals surface area (Å²) in [5.74, 6) is 0. The molecule has 1 aromatic carbocycles. The van der Waals surface area contributed by atoms with Gasteiger partial charge in [-0.3, -0.25) is 4.84 Å². The molecule has 0 bridgehead atoms. The van der Waals surface area contributed by atoms with Crippen molar-refractivity contribution in [2.24, 2.45) is 0 Å². The average molecular weight is 170 g/mol. The second-order valence-corrected chi connectivity index (χ2v) is 2.73. The molecular weight excluding hydrogens is 158 g/mol. The molecule has 0 heterocycles. The summed E-state index contributed by atoms with van der Waals surface area (Å²) in [7, 11) is 0. The van der Waals surface area contributed by atoms with Gasteiger partial charge < -0.3 is 0 Å². The Bertz CT molecular complexity index is 223. The third kappa shape index (κ3) is 2.43. The van der Waals surface area contributed by atoms with Crippen molar-refractivity contribution in [3.05, 3.63) is 29.8 Å². The van der Waals surface area contributed by atoms with Crippen molar-refractivity contribution < 1.29 is 0 Å². The molecule has 0 spiro atoms. The molecule has 1 aromatic rings. The first-order valence-corrected chi connectivity index (χ1v) is 4.20. The Morgan fingerprint density at radius 3 is 2.91 bits per heavy atom. The minimum Gasteiger partial charge on any atom is -0.299 e. The van der Waals surface area contributed by atoms with Crippen molar-refractivity contribution in [3.8, 4) is 0 Å². The Labute approximate surface area is 72.5 Å². The van der Waals surface area contributed by atoms with Gasteiger partial charge in [0.1, 0.15) is 0 Å². The zero-order valence-corrected chi connectivity index (χ0v) is 7.36. The van der Waals surface area contributed by atoms with Crippen molar-refractivity contribution in [1.82, 2.24) is 0 Å². The number of benzene rings is 1. The summed E-state index contributed by atoms with van der Waals surface area (Å²) in [6, 6.07) is 8.14. The number of halogens is 1. The molecule has 0 atom stereocenters. The maximum atomic E-state index is 5.45. The van der Waals surface area contributed by atoms with Crippen LogP contribution in [0.3, 0.4) is 0 Å². The lowest BCUT2D eigenvalue weighted by molar-refractivity contribution is 0.922. The highest BCUT2D eigenvalue weighted by atomic mass is 35.5. The van der Waals surface area contributed by atoms with Crippen molar-refractivity contribution in [3.63, 3.8) is 0 Å². The van der Waals surface area contributed by atoms with Crippen LogP contribution in [-0.2, 0) is 6.42 Å². The van der Waals surface area contributed by atoms with Crippen LogP contribution in [-0.4, -0.2) is 0 Å². The van der Waals surface area contributed by atoms with Crippen molar-refractivity contribution >= 4 is 17.5 Å². The van der Waals surface area contributed by atoms with Gasteiger partial charge in [0.2, 0.25) is 0 Å². The van der Waals surface area contributed by atoms with Crippen molar-refractivity contribution in [2.45, 2.75) is 19.8 Å². The van der Waals surface area contributed by atoms with Crippen LogP contribution >= 0.6 is 11.8 Å². The van der Waals surface area contributed by atoms with Gasteiger partial charge in [-0.15, -0.1) is 0 Å². The molecule has 1 nitrogen and oxygen atoms in total. The predicted molar refractivity (Wildman–Crippen MR) is 49.9 cm³/mol. The smallest absolute Gasteiger partial charge is 0.0494 e. The van der Waals surface area contributed by atoms with E-state index in [1.54, 1.807) is 0 Å². The zero-order chi connectivity index (χ0) is 8.10. The molecule has 0 aliphatic rings. The van der Waals surface area contributed by atoms with Gasteiger partial charge in [-0.25, -0.2) is 0 Å². The first-order valence-electron chi connectivity index (χ1n) is 3.82. The third-order valence-corrected chi connectivity index (χ3v) is 1.79. The highest BCUT2D eigenvalue weighted by Gasteiger charge is 1.92. The molecule has 0 aliphatic carbocycles. The van der Waals surface area contributed by atoms with E-state index in [9.17, 15) is 0 Å². The van der Waals surface area contributed by atoms with E-state index in [1.165, 1.54) is 12.0 Å². The molecule has 0 radical (unpaired) electrons. The number of aryl methyl sites for hydroxylation is 1. The summed E-state index contributed by atoms with van der Waals surface area (Å²) in [6.07, 6.45) is 2.29. The van der Waals surface area contributed by atoms with Gasteiger partial charge >= 0.3 is 0 Å². The van der Waals surface area contributed by atoms with Gasteiger partial charge in [-0.2, -0.15) is 0 Å². The van der Waals surface area contributed by atoms with Gasteiger partial charge in [-0.05, 0) is 24.1 Å². The number of anilines is 1. The molecule has 1 rings (SSSR count). The van der Waals surface area contributed by atoms with Crippen molar-refractivity contribution in [1.29, 1.82) is 0 Å². The normalized spacial score (nSPS) is 9.64. The molecule has 0 aliphatic heterocycles. The zero-order valence-electron chi connectivity index (χ0n) is 6.60. The molecule has 2 heteroatoms. The number of hydrogen-bond donors (Lipinski definition) is 1. The lowest BCUT2D eigenvalue weighted by Crippen LogP contribution is -1.85. The van der Waals surface area contributed by atoms with Crippen LogP contribution in [0.1, 0.15) is 18.9 Å². The van der Waals surface area contributed by atoms with Crippen LogP contribution < -0.4 is 4.84 Å². The molecule has 0 aromatic heterocycles. The van der Waals surface area contributed by atoms with Gasteiger partial charge in [0.05, 0.1) is 0 Å². The lowest BCUT2D eigenvalue weighted by atomic mass is 10.1. The first-order chi connectivity index (χ1) is 5.36. The van der Waals surface area contributed by atoms with Gasteiger partial charge in [0.15, 0.2) is 0 Å². The maximum Gasteiger partial charge on any atom is 0.0494 e. The molecule has 0 saturated heterocycles. The van der Waals surface area contributed by atoms with E-state index in [0.29, 0.717) is 0 Å². The fourth-order valence-electron chi connectivity index (χ4n) is 1.07. The third-order valence-electron chi connectivity index (χ3n) is 1.57. The summed E-state index contributed by atoms with van der Waals surface area (Å²) in [5.41, 5.74) is 2.30. The standard InChI is InChI=1S/C9H12ClN/c1-2-4-8-5-3-6-9(7-8)11-10/h3,5-7,11H,2,4H2,1H3. The minimum atomic E-state index is 0.970. The minimum absolute atomic E-state index is 0.970. The van der Waals surface area contributed by atoms with Gasteiger partial charge in [-0.1, -0.05) is 25.5 Å². The molecule has 0 unspecified atom stereocenters. The Kier molecular flexibility index (Phi) is 3.24. The first kappa shape index (κ1) is 8.41. The van der Waals surface area contributed by atoms with Gasteiger partial charge in [0, 0.05) is 17.5 Å². The molecule has 60 valence electrons. The Morgan fingerprint density at radius 1 is 1.45 bits per heavy atom. The summed E-state index contributed by atoms with van der Waals surface area (Å²) >= 11 is 5.45. The Balaban J connectivity index is 2.74. The number of nitrogens with one attached hydrogen (secondary N) is 1. The number of rotatable bonds is 3. The highest BCUT2D eigenvalue weighted by molar-refractivity contribution is 6.23. The highest BCUT2D eigenvalue weighted by Crippen LogP contribution is 2.12. The Morgan fingerprint density at radius 2 is 2.27 bits per heavy atom. The second kappa shape index (κ2) is 4.24. The fourth-order valence-corrected chi connectivity index (χ4v) is 1.19. The molecular formula is C9H12ClN. The largest absolute Gasteiger partial charge is 0.299 e. The van der Waals surface area contributed by atoms with Gasteiger partial charge in [0.25, 0.3) is 0 Å². The van der Waals surface area contributed by atoms with Crippen LogP contribution in [0.15, 0.2) is 24.3 Å². The van der Waals surface area contributed by atoms with E-state index >= 15 is 0 Å². The van der Waals surface area contributed by atoms with Crippen LogP contribution in [0, 0.1) is 0 Å². The molecule has 1 N–H and O–H groups in total. The fraction of sp³-hybridized carbons (Fsp3) is 0.333. The van der Waals surface area contributed by atoms with E-state index in [0.717, 1.165) is 12.1 Å².